The smallest absolute Gasteiger partial charge is 0.208 e. The lowest BCUT2D eigenvalue weighted by molar-refractivity contribution is 0.596. The third-order valence-electron chi connectivity index (χ3n) is 7.27. The van der Waals surface area contributed by atoms with Crippen LogP contribution < -0.4 is 22.9 Å². The van der Waals surface area contributed by atoms with Gasteiger partial charge in [0.15, 0.2) is 0 Å². The molecule has 0 fully saturated rings. The molecule has 0 unspecified atom stereocenters. The molecule has 0 spiro atoms. The second-order valence-corrected chi connectivity index (χ2v) is 13.5. The quantitative estimate of drug-likeness (QED) is 0.200. The summed E-state index contributed by atoms with van der Waals surface area (Å²) in [6.07, 6.45) is 0. The van der Waals surface area contributed by atoms with Crippen molar-refractivity contribution in [2.45, 2.75) is 47.3 Å². The molecular weight excluding hydrogens is 520 g/mol. The molecule has 0 atom stereocenters. The zero-order chi connectivity index (χ0) is 27.9. The van der Waals surface area contributed by atoms with E-state index in [0.717, 1.165) is 16.7 Å². The molecular formula is C28H28N4O4S2. The molecule has 38 heavy (non-hydrogen) atoms. The number of benzene rings is 4. The van der Waals surface area contributed by atoms with Crippen LogP contribution >= 0.6 is 0 Å². The van der Waals surface area contributed by atoms with E-state index in [4.69, 9.17) is 22.9 Å². The minimum atomic E-state index is -3.52. The summed E-state index contributed by atoms with van der Waals surface area (Å²) in [4.78, 5) is 1.14. The van der Waals surface area contributed by atoms with Gasteiger partial charge in [-0.3, -0.25) is 0 Å². The number of anilines is 4. The molecule has 0 amide bonds. The molecule has 0 saturated carbocycles. The standard InChI is InChI=1S/2C14H14N2O2S/c1-7-3-9-10-4-8(2)12(16)6-14(10)19(17,18)13(9)5-11(7)15;1-7-5-10-9-3-4-11(15)8(2)14(9)19(17,18)13(10)6-12(7)16/h2*3-6H,15-16H2,1-2H3. The molecule has 4 aromatic carbocycles. The monoisotopic (exact) mass is 548 g/mol. The number of nitrogens with two attached hydrogens (primary N) is 4. The first kappa shape index (κ1) is 25.6. The van der Waals surface area contributed by atoms with Crippen LogP contribution in [0.5, 0.6) is 0 Å². The topological polar surface area (TPSA) is 172 Å². The zero-order valence-electron chi connectivity index (χ0n) is 21.4. The van der Waals surface area contributed by atoms with Crippen LogP contribution in [0.3, 0.4) is 0 Å². The molecule has 6 rings (SSSR count). The maximum Gasteiger partial charge on any atom is 0.208 e. The Morgan fingerprint density at radius 3 is 1.26 bits per heavy atom. The van der Waals surface area contributed by atoms with Crippen LogP contribution in [0.15, 0.2) is 68.1 Å². The van der Waals surface area contributed by atoms with Crippen LogP contribution in [0, 0.1) is 27.7 Å². The Bertz CT molecular complexity index is 1850. The van der Waals surface area contributed by atoms with Gasteiger partial charge in [-0.05, 0) is 92.4 Å². The fourth-order valence-corrected chi connectivity index (χ4v) is 8.57. The average Bonchev–Trinajstić information content (AvgIpc) is 3.17. The van der Waals surface area contributed by atoms with Crippen LogP contribution in [0.25, 0.3) is 22.3 Å². The summed E-state index contributed by atoms with van der Waals surface area (Å²) in [6, 6.07) is 13.6. The van der Waals surface area contributed by atoms with Crippen molar-refractivity contribution >= 4 is 42.4 Å². The summed E-state index contributed by atoms with van der Waals surface area (Å²) in [6.45, 7) is 7.33. The first-order valence-corrected chi connectivity index (χ1v) is 14.7. The highest BCUT2D eigenvalue weighted by atomic mass is 32.2. The summed E-state index contributed by atoms with van der Waals surface area (Å²) in [5.41, 5.74) is 31.3. The van der Waals surface area contributed by atoms with E-state index in [1.165, 1.54) is 18.2 Å². The van der Waals surface area contributed by atoms with Gasteiger partial charge in [-0.2, -0.15) is 0 Å². The first-order chi connectivity index (χ1) is 17.7. The van der Waals surface area contributed by atoms with E-state index in [2.05, 4.69) is 0 Å². The molecule has 4 aromatic rings. The number of rotatable bonds is 0. The highest BCUT2D eigenvalue weighted by Gasteiger charge is 2.36. The van der Waals surface area contributed by atoms with E-state index in [0.29, 0.717) is 55.5 Å². The number of fused-ring (bicyclic) bond motifs is 6. The van der Waals surface area contributed by atoms with Crippen molar-refractivity contribution in [1.29, 1.82) is 0 Å². The molecule has 2 aliphatic rings. The molecule has 8 nitrogen and oxygen atoms in total. The number of hydrogen-bond donors (Lipinski definition) is 4. The van der Waals surface area contributed by atoms with Crippen LogP contribution in [0.4, 0.5) is 22.7 Å². The number of hydrogen-bond acceptors (Lipinski definition) is 8. The summed E-state index contributed by atoms with van der Waals surface area (Å²) >= 11 is 0. The summed E-state index contributed by atoms with van der Waals surface area (Å²) < 4.78 is 50.2. The van der Waals surface area contributed by atoms with Crippen molar-refractivity contribution in [3.8, 4) is 22.3 Å². The SMILES string of the molecule is Cc1cc2c(cc1N)S(=O)(=O)c1c-2ccc(N)c1C.Cc1cc2c(cc1N)S(=O)(=O)c1cc(N)c(C)cc1-2. The average molecular weight is 549 g/mol. The lowest BCUT2D eigenvalue weighted by Crippen LogP contribution is -2.02. The maximum atomic E-state index is 12.6. The fraction of sp³-hybridized carbons (Fsp3) is 0.143. The second kappa shape index (κ2) is 8.24. The Kier molecular flexibility index (Phi) is 5.56. The van der Waals surface area contributed by atoms with Crippen LogP contribution in [-0.4, -0.2) is 16.8 Å². The number of sulfone groups is 2. The predicted molar refractivity (Wildman–Crippen MR) is 151 cm³/mol. The van der Waals surface area contributed by atoms with E-state index in [1.54, 1.807) is 19.1 Å². The summed E-state index contributed by atoms with van der Waals surface area (Å²) in [5.74, 6) is 0. The van der Waals surface area contributed by atoms with Gasteiger partial charge in [0.05, 0.1) is 19.6 Å². The van der Waals surface area contributed by atoms with E-state index < -0.39 is 19.7 Å². The van der Waals surface area contributed by atoms with E-state index in [9.17, 15) is 16.8 Å². The van der Waals surface area contributed by atoms with E-state index >= 15 is 0 Å². The molecule has 196 valence electrons. The number of aryl methyl sites for hydroxylation is 3. The molecule has 0 bridgehead atoms. The van der Waals surface area contributed by atoms with Gasteiger partial charge in [0.2, 0.25) is 19.7 Å². The van der Waals surface area contributed by atoms with Gasteiger partial charge in [-0.1, -0.05) is 6.07 Å². The van der Waals surface area contributed by atoms with Gasteiger partial charge in [0.25, 0.3) is 0 Å². The Morgan fingerprint density at radius 2 is 0.842 bits per heavy atom. The van der Waals surface area contributed by atoms with Crippen LogP contribution in [0.1, 0.15) is 22.3 Å². The van der Waals surface area contributed by atoms with Gasteiger partial charge >= 0.3 is 0 Å². The Balaban J connectivity index is 0.000000155. The minimum absolute atomic E-state index is 0.274. The van der Waals surface area contributed by atoms with Crippen molar-refractivity contribution in [3.63, 3.8) is 0 Å². The van der Waals surface area contributed by atoms with Crippen molar-refractivity contribution in [2.75, 3.05) is 22.9 Å². The molecule has 2 heterocycles. The lowest BCUT2D eigenvalue weighted by atomic mass is 10.0. The molecule has 0 radical (unpaired) electrons. The van der Waals surface area contributed by atoms with E-state index in [-0.39, 0.29) is 14.7 Å². The summed E-state index contributed by atoms with van der Waals surface area (Å²) in [7, 11) is -7.02. The van der Waals surface area contributed by atoms with Crippen molar-refractivity contribution < 1.29 is 16.8 Å². The molecule has 0 saturated heterocycles. The Hall–Kier alpha value is -4.02. The highest BCUT2D eigenvalue weighted by molar-refractivity contribution is 7.92. The van der Waals surface area contributed by atoms with Crippen molar-refractivity contribution in [2.24, 2.45) is 0 Å². The third kappa shape index (κ3) is 3.55. The van der Waals surface area contributed by atoms with Gasteiger partial charge < -0.3 is 22.9 Å². The normalized spacial score (nSPS) is 15.1. The van der Waals surface area contributed by atoms with Crippen LogP contribution in [0.2, 0.25) is 0 Å². The largest absolute Gasteiger partial charge is 0.398 e. The minimum Gasteiger partial charge on any atom is -0.398 e. The molecule has 0 aliphatic carbocycles. The van der Waals surface area contributed by atoms with Crippen molar-refractivity contribution in [3.05, 3.63) is 70.8 Å². The second-order valence-electron chi connectivity index (χ2n) is 9.78. The first-order valence-electron chi connectivity index (χ1n) is 11.8. The lowest BCUT2D eigenvalue weighted by Gasteiger charge is -2.06. The molecule has 0 aromatic heterocycles. The van der Waals surface area contributed by atoms with E-state index in [1.807, 2.05) is 39.0 Å². The molecule has 2 aliphatic heterocycles. The highest BCUT2D eigenvalue weighted by Crippen LogP contribution is 2.48. The zero-order valence-corrected chi connectivity index (χ0v) is 23.0. The predicted octanol–water partition coefficient (Wildman–Crippen LogP) is 4.56. The van der Waals surface area contributed by atoms with Gasteiger partial charge in [0.1, 0.15) is 0 Å². The third-order valence-corrected chi connectivity index (χ3v) is 11.1. The molecule has 10 heteroatoms. The summed E-state index contributed by atoms with van der Waals surface area (Å²) in [5, 5.41) is 0. The Labute approximate surface area is 222 Å². The van der Waals surface area contributed by atoms with Gasteiger partial charge in [0, 0.05) is 45.0 Å². The number of nitrogen functional groups attached to an aromatic ring is 4. The molecule has 8 N–H and O–H groups in total. The van der Waals surface area contributed by atoms with Crippen LogP contribution in [-0.2, 0) is 19.7 Å². The Morgan fingerprint density at radius 1 is 0.474 bits per heavy atom. The maximum absolute atomic E-state index is 12.6. The van der Waals surface area contributed by atoms with Gasteiger partial charge in [-0.25, -0.2) is 16.8 Å². The van der Waals surface area contributed by atoms with Gasteiger partial charge in [-0.15, -0.1) is 0 Å². The van der Waals surface area contributed by atoms with Crippen molar-refractivity contribution in [1.82, 2.24) is 0 Å². The fourth-order valence-electron chi connectivity index (χ4n) is 4.90.